The second-order valence-corrected chi connectivity index (χ2v) is 4.83. The summed E-state index contributed by atoms with van der Waals surface area (Å²) in [6.45, 7) is 1.68. The van der Waals surface area contributed by atoms with E-state index in [9.17, 15) is 14.4 Å². The van der Waals surface area contributed by atoms with Gasteiger partial charge in [0.15, 0.2) is 0 Å². The Morgan fingerprint density at radius 2 is 2.30 bits per heavy atom. The van der Waals surface area contributed by atoms with Gasteiger partial charge in [-0.2, -0.15) is 5.10 Å². The van der Waals surface area contributed by atoms with Crippen molar-refractivity contribution < 1.29 is 19.5 Å². The van der Waals surface area contributed by atoms with E-state index in [2.05, 4.69) is 10.2 Å². The van der Waals surface area contributed by atoms with Crippen LogP contribution in [0.2, 0.25) is 0 Å². The van der Waals surface area contributed by atoms with Crippen LogP contribution in [0.3, 0.4) is 0 Å². The van der Waals surface area contributed by atoms with E-state index in [-0.39, 0.29) is 24.8 Å². The average Bonchev–Trinajstić information content (AvgIpc) is 3.04. The van der Waals surface area contributed by atoms with Gasteiger partial charge in [-0.3, -0.25) is 14.7 Å². The molecule has 0 spiro atoms. The summed E-state index contributed by atoms with van der Waals surface area (Å²) in [6.07, 6.45) is 3.17. The Morgan fingerprint density at radius 3 is 2.85 bits per heavy atom. The molecule has 20 heavy (non-hydrogen) atoms. The fourth-order valence-electron chi connectivity index (χ4n) is 2.16. The lowest BCUT2D eigenvalue weighted by molar-refractivity contribution is -0.149. The lowest BCUT2D eigenvalue weighted by Crippen LogP contribution is -2.43. The number of hydrogen-bond donors (Lipinski definition) is 2. The third-order valence-corrected chi connectivity index (χ3v) is 3.56. The molecule has 1 fully saturated rings. The summed E-state index contributed by atoms with van der Waals surface area (Å²) in [5.41, 5.74) is 0.610. The number of carboxylic acids is 1. The molecular formula is C12H16N4O4. The van der Waals surface area contributed by atoms with E-state index in [0.29, 0.717) is 5.69 Å². The van der Waals surface area contributed by atoms with Crippen molar-refractivity contribution in [3.63, 3.8) is 0 Å². The van der Waals surface area contributed by atoms with Crippen LogP contribution in [-0.4, -0.2) is 57.6 Å². The molecule has 1 aliphatic rings. The summed E-state index contributed by atoms with van der Waals surface area (Å²) in [7, 11) is 1.44. The molecule has 2 atom stereocenters. The maximum Gasteiger partial charge on any atom is 0.326 e. The molecule has 1 saturated heterocycles. The number of nitrogens with zero attached hydrogens (tertiary/aromatic N) is 3. The van der Waals surface area contributed by atoms with Crippen molar-refractivity contribution in [2.75, 3.05) is 18.5 Å². The van der Waals surface area contributed by atoms with E-state index in [0.717, 1.165) is 0 Å². The summed E-state index contributed by atoms with van der Waals surface area (Å²) < 4.78 is 0. The third kappa shape index (κ3) is 2.49. The minimum absolute atomic E-state index is 0.0840. The van der Waals surface area contributed by atoms with Crippen LogP contribution in [0.1, 0.15) is 13.3 Å². The number of likely N-dealkylation sites (N-methyl/N-ethyl adjacent to an activating group) is 1. The van der Waals surface area contributed by atoms with Gasteiger partial charge in [-0.25, -0.2) is 4.79 Å². The molecule has 0 aromatic carbocycles. The first-order valence-electron chi connectivity index (χ1n) is 6.20. The van der Waals surface area contributed by atoms with Gasteiger partial charge in [-0.05, 0) is 6.92 Å². The normalized spacial score (nSPS) is 20.0. The number of carbonyl (C=O) groups is 3. The zero-order valence-corrected chi connectivity index (χ0v) is 11.2. The Morgan fingerprint density at radius 1 is 1.60 bits per heavy atom. The van der Waals surface area contributed by atoms with Crippen LogP contribution in [-0.2, 0) is 14.4 Å². The average molecular weight is 280 g/mol. The van der Waals surface area contributed by atoms with Crippen molar-refractivity contribution in [3.05, 3.63) is 12.4 Å². The van der Waals surface area contributed by atoms with Gasteiger partial charge in [0, 0.05) is 26.2 Å². The Labute approximate surface area is 115 Å². The van der Waals surface area contributed by atoms with E-state index < -0.39 is 17.9 Å². The summed E-state index contributed by atoms with van der Waals surface area (Å²) in [5, 5.41) is 15.3. The zero-order chi connectivity index (χ0) is 14.9. The molecule has 8 nitrogen and oxygen atoms in total. The highest BCUT2D eigenvalue weighted by Crippen LogP contribution is 2.25. The number of amides is 2. The van der Waals surface area contributed by atoms with Crippen LogP contribution < -0.4 is 4.90 Å². The van der Waals surface area contributed by atoms with Crippen molar-refractivity contribution in [2.45, 2.75) is 19.4 Å². The maximum absolute atomic E-state index is 12.2. The molecule has 0 aliphatic carbocycles. The smallest absolute Gasteiger partial charge is 0.326 e. The minimum atomic E-state index is -1.07. The predicted octanol–water partition coefficient (Wildman–Crippen LogP) is -0.306. The number of hydrogen-bond acceptors (Lipinski definition) is 4. The molecule has 1 aliphatic heterocycles. The maximum atomic E-state index is 12.2. The molecular weight excluding hydrogens is 264 g/mol. The molecule has 108 valence electrons. The first-order valence-corrected chi connectivity index (χ1v) is 6.20. The monoisotopic (exact) mass is 280 g/mol. The van der Waals surface area contributed by atoms with Gasteiger partial charge < -0.3 is 14.9 Å². The highest BCUT2D eigenvalue weighted by molar-refractivity contribution is 6.00. The molecule has 2 N–H and O–H groups in total. The van der Waals surface area contributed by atoms with Crippen molar-refractivity contribution in [1.29, 1.82) is 0 Å². The molecule has 2 rings (SSSR count). The fraction of sp³-hybridized carbons (Fsp3) is 0.500. The summed E-state index contributed by atoms with van der Waals surface area (Å²) in [5.74, 6) is -2.10. The van der Waals surface area contributed by atoms with Crippen molar-refractivity contribution in [3.8, 4) is 0 Å². The van der Waals surface area contributed by atoms with E-state index in [1.165, 1.54) is 30.0 Å². The topological polar surface area (TPSA) is 107 Å². The SMILES string of the molecule is C[C@H](C(=O)O)N(C)C(=O)[C@H]1CC(=O)N(c2cn[nH]c2)C1. The van der Waals surface area contributed by atoms with Gasteiger partial charge in [0.1, 0.15) is 6.04 Å². The van der Waals surface area contributed by atoms with Gasteiger partial charge in [-0.15, -0.1) is 0 Å². The van der Waals surface area contributed by atoms with Crippen LogP contribution in [0.15, 0.2) is 12.4 Å². The van der Waals surface area contributed by atoms with Crippen LogP contribution in [0.25, 0.3) is 0 Å². The van der Waals surface area contributed by atoms with E-state index in [1.54, 1.807) is 6.20 Å². The fourth-order valence-corrected chi connectivity index (χ4v) is 2.16. The van der Waals surface area contributed by atoms with Gasteiger partial charge in [-0.1, -0.05) is 0 Å². The van der Waals surface area contributed by atoms with Crippen molar-refractivity contribution >= 4 is 23.5 Å². The van der Waals surface area contributed by atoms with Crippen LogP contribution >= 0.6 is 0 Å². The number of rotatable bonds is 4. The number of aromatic amines is 1. The first kappa shape index (κ1) is 14.0. The van der Waals surface area contributed by atoms with Gasteiger partial charge in [0.05, 0.1) is 17.8 Å². The van der Waals surface area contributed by atoms with E-state index in [1.807, 2.05) is 0 Å². The minimum Gasteiger partial charge on any atom is -0.480 e. The second-order valence-electron chi connectivity index (χ2n) is 4.83. The van der Waals surface area contributed by atoms with Crippen LogP contribution in [0.4, 0.5) is 5.69 Å². The lowest BCUT2D eigenvalue weighted by Gasteiger charge is -2.24. The highest BCUT2D eigenvalue weighted by Gasteiger charge is 2.38. The lowest BCUT2D eigenvalue weighted by atomic mass is 10.1. The molecule has 1 aromatic rings. The summed E-state index contributed by atoms with van der Waals surface area (Å²) >= 11 is 0. The van der Waals surface area contributed by atoms with E-state index in [4.69, 9.17) is 5.11 Å². The Bertz CT molecular complexity index is 528. The zero-order valence-electron chi connectivity index (χ0n) is 11.2. The largest absolute Gasteiger partial charge is 0.480 e. The number of aliphatic carboxylic acids is 1. The number of nitrogens with one attached hydrogen (secondary N) is 1. The Hall–Kier alpha value is -2.38. The van der Waals surface area contributed by atoms with Crippen molar-refractivity contribution in [2.24, 2.45) is 5.92 Å². The molecule has 0 unspecified atom stereocenters. The molecule has 2 amide bonds. The van der Waals surface area contributed by atoms with E-state index >= 15 is 0 Å². The first-order chi connectivity index (χ1) is 9.41. The standard InChI is InChI=1S/C12H16N4O4/c1-7(12(19)20)15(2)11(18)8-3-10(17)16(6-8)9-4-13-14-5-9/h4-5,7-8H,3,6H2,1-2H3,(H,13,14)(H,19,20)/t7-,8+/m1/s1. The molecule has 0 bridgehead atoms. The molecule has 8 heteroatoms. The number of anilines is 1. The third-order valence-electron chi connectivity index (χ3n) is 3.56. The van der Waals surface area contributed by atoms with Crippen LogP contribution in [0, 0.1) is 5.92 Å². The Kier molecular flexibility index (Phi) is 3.73. The molecule has 0 saturated carbocycles. The molecule has 1 aromatic heterocycles. The second kappa shape index (κ2) is 5.32. The molecule has 0 radical (unpaired) electrons. The predicted molar refractivity (Wildman–Crippen MR) is 68.9 cm³/mol. The number of H-pyrrole nitrogens is 1. The number of carboxylic acid groups (broad SMARTS) is 1. The number of aromatic nitrogens is 2. The van der Waals surface area contributed by atoms with Gasteiger partial charge >= 0.3 is 5.97 Å². The number of carbonyl (C=O) groups excluding carboxylic acids is 2. The van der Waals surface area contributed by atoms with Crippen LogP contribution in [0.5, 0.6) is 0 Å². The van der Waals surface area contributed by atoms with Crippen molar-refractivity contribution in [1.82, 2.24) is 15.1 Å². The highest BCUT2D eigenvalue weighted by atomic mass is 16.4. The Balaban J connectivity index is 2.06. The quantitative estimate of drug-likeness (QED) is 0.787. The van der Waals surface area contributed by atoms with Gasteiger partial charge in [0.2, 0.25) is 11.8 Å². The summed E-state index contributed by atoms with van der Waals surface area (Å²) in [6, 6.07) is -0.916. The molecule has 2 heterocycles. The van der Waals surface area contributed by atoms with Gasteiger partial charge in [0.25, 0.3) is 0 Å². The summed E-state index contributed by atoms with van der Waals surface area (Å²) in [4.78, 5) is 37.7.